The van der Waals surface area contributed by atoms with Crippen molar-refractivity contribution < 1.29 is 42.9 Å². The van der Waals surface area contributed by atoms with E-state index in [0.717, 1.165) is 82.5 Å². The molecule has 0 spiro atoms. The molecular weight excluding hydrogens is 709 g/mol. The Balaban J connectivity index is 1.10. The van der Waals surface area contributed by atoms with Gasteiger partial charge in [-0.1, -0.05) is 84.6 Å². The fourth-order valence-corrected chi connectivity index (χ4v) is 11.3. The molecule has 0 aromatic carbocycles. The predicted molar refractivity (Wildman–Crippen MR) is 217 cm³/mol. The molecule has 1 unspecified atom stereocenters. The fraction of sp³-hybridized carbons (Fsp3) is 0.809. The van der Waals surface area contributed by atoms with Crippen molar-refractivity contribution in [3.63, 3.8) is 0 Å². The first-order valence-corrected chi connectivity index (χ1v) is 22.3. The molecule has 316 valence electrons. The Morgan fingerprint density at radius 3 is 1.96 bits per heavy atom. The molecule has 4 saturated carbocycles. The van der Waals surface area contributed by atoms with E-state index in [1.165, 1.54) is 32.1 Å². The standard InChI is InChI=1S/C47H74O9/c1-7-9-13-18-42(49)53-31-37(32-54-43(50)19-14-10-8-2)56-45(52)29-33(3)17-15-11-12-16-20-44(51)55-36-25-27-46(5)35(30-36)21-22-38-40-24-23-39(34(4)48)47(40,6)28-26-41(38)46/h9-10,13-14,33,35-41H,7-8,11-12,15-32H2,1-6H3/b13-9-,14-10-/t33?,35-,36+,38-,39+,40-,41-,46-,47+/m0/s1. The van der Waals surface area contributed by atoms with Gasteiger partial charge in [0.15, 0.2) is 6.10 Å². The summed E-state index contributed by atoms with van der Waals surface area (Å²) < 4.78 is 22.3. The number of rotatable bonds is 22. The molecule has 4 fully saturated rings. The van der Waals surface area contributed by atoms with Crippen molar-refractivity contribution in [2.75, 3.05) is 13.2 Å². The maximum Gasteiger partial charge on any atom is 0.309 e. The lowest BCUT2D eigenvalue weighted by atomic mass is 9.44. The predicted octanol–water partition coefficient (Wildman–Crippen LogP) is 10.2. The van der Waals surface area contributed by atoms with Crippen LogP contribution in [0.2, 0.25) is 0 Å². The van der Waals surface area contributed by atoms with E-state index in [0.29, 0.717) is 29.5 Å². The van der Waals surface area contributed by atoms with Crippen molar-refractivity contribution >= 4 is 29.7 Å². The Labute approximate surface area is 337 Å². The van der Waals surface area contributed by atoms with Gasteiger partial charge in [-0.3, -0.25) is 24.0 Å². The number of ether oxygens (including phenoxy) is 4. The molecule has 0 aromatic heterocycles. The van der Waals surface area contributed by atoms with Gasteiger partial charge in [-0.2, -0.15) is 0 Å². The molecule has 0 N–H and O–H groups in total. The number of hydrogen-bond acceptors (Lipinski definition) is 9. The Kier molecular flexibility index (Phi) is 18.2. The molecule has 9 atom stereocenters. The minimum atomic E-state index is -0.871. The number of carbonyl (C=O) groups is 5. The van der Waals surface area contributed by atoms with Gasteiger partial charge in [0.25, 0.3) is 0 Å². The molecule has 0 amide bonds. The lowest BCUT2D eigenvalue weighted by Gasteiger charge is -2.61. The molecule has 4 rings (SSSR count). The highest BCUT2D eigenvalue weighted by Gasteiger charge is 2.61. The van der Waals surface area contributed by atoms with Crippen molar-refractivity contribution in [2.45, 2.75) is 182 Å². The summed E-state index contributed by atoms with van der Waals surface area (Å²) in [6.45, 7) is 12.4. The highest BCUT2D eigenvalue weighted by Crippen LogP contribution is 2.67. The van der Waals surface area contributed by atoms with Crippen molar-refractivity contribution in [3.8, 4) is 0 Å². The molecule has 56 heavy (non-hydrogen) atoms. The van der Waals surface area contributed by atoms with Gasteiger partial charge < -0.3 is 18.9 Å². The van der Waals surface area contributed by atoms with E-state index in [2.05, 4.69) is 13.8 Å². The minimum absolute atomic E-state index is 0.0322. The quantitative estimate of drug-likeness (QED) is 0.0457. The zero-order valence-electron chi connectivity index (χ0n) is 35.7. The largest absolute Gasteiger partial charge is 0.462 e. The first-order chi connectivity index (χ1) is 26.8. The Bertz CT molecular complexity index is 1340. The van der Waals surface area contributed by atoms with Gasteiger partial charge in [0, 0.05) is 18.8 Å². The van der Waals surface area contributed by atoms with Gasteiger partial charge in [-0.25, -0.2) is 0 Å². The number of esters is 4. The summed E-state index contributed by atoms with van der Waals surface area (Å²) in [5, 5.41) is 0. The van der Waals surface area contributed by atoms with E-state index >= 15 is 0 Å². The molecule has 0 aromatic rings. The number of unbranched alkanes of at least 4 members (excludes halogenated alkanes) is 3. The second kappa shape index (κ2) is 22.3. The van der Waals surface area contributed by atoms with Crippen LogP contribution in [0.25, 0.3) is 0 Å². The van der Waals surface area contributed by atoms with Crippen LogP contribution in [0.4, 0.5) is 0 Å². The topological polar surface area (TPSA) is 122 Å². The molecule has 0 radical (unpaired) electrons. The summed E-state index contributed by atoms with van der Waals surface area (Å²) in [5.41, 5.74) is 0.508. The third-order valence-electron chi connectivity index (χ3n) is 14.3. The highest BCUT2D eigenvalue weighted by atomic mass is 16.6. The van der Waals surface area contributed by atoms with Gasteiger partial charge in [-0.05, 0) is 124 Å². The van der Waals surface area contributed by atoms with E-state index < -0.39 is 24.0 Å². The van der Waals surface area contributed by atoms with E-state index in [1.807, 2.05) is 39.8 Å². The van der Waals surface area contributed by atoms with E-state index in [4.69, 9.17) is 18.9 Å². The monoisotopic (exact) mass is 783 g/mol. The van der Waals surface area contributed by atoms with Crippen LogP contribution in [-0.4, -0.2) is 55.1 Å². The third kappa shape index (κ3) is 12.8. The van der Waals surface area contributed by atoms with E-state index in [1.54, 1.807) is 12.2 Å². The van der Waals surface area contributed by atoms with Crippen LogP contribution in [0, 0.1) is 46.3 Å². The zero-order valence-corrected chi connectivity index (χ0v) is 35.7. The maximum absolute atomic E-state index is 12.9. The molecule has 9 nitrogen and oxygen atoms in total. The van der Waals surface area contributed by atoms with Gasteiger partial charge >= 0.3 is 23.9 Å². The number of allylic oxidation sites excluding steroid dienone is 2. The number of fused-ring (bicyclic) bond motifs is 5. The molecule has 0 saturated heterocycles. The summed E-state index contributed by atoms with van der Waals surface area (Å²) in [7, 11) is 0. The maximum atomic E-state index is 12.9. The summed E-state index contributed by atoms with van der Waals surface area (Å²) in [4.78, 5) is 62.4. The van der Waals surface area contributed by atoms with Crippen molar-refractivity contribution in [1.82, 2.24) is 0 Å². The summed E-state index contributed by atoms with van der Waals surface area (Å²) >= 11 is 0. The van der Waals surface area contributed by atoms with Crippen LogP contribution in [-0.2, 0) is 42.9 Å². The number of Topliss-reactive ketones (excluding diaryl/α,β-unsaturated/α-hetero) is 1. The number of carbonyl (C=O) groups excluding carboxylic acids is 5. The molecule has 9 heteroatoms. The van der Waals surface area contributed by atoms with Crippen LogP contribution in [0.1, 0.15) is 170 Å². The van der Waals surface area contributed by atoms with Gasteiger partial charge in [0.1, 0.15) is 25.1 Å². The smallest absolute Gasteiger partial charge is 0.309 e. The average Bonchev–Trinajstić information content (AvgIpc) is 3.52. The summed E-state index contributed by atoms with van der Waals surface area (Å²) in [5.74, 6) is 2.16. The summed E-state index contributed by atoms with van der Waals surface area (Å²) in [6, 6.07) is 0. The molecule has 4 aliphatic rings. The van der Waals surface area contributed by atoms with Crippen molar-refractivity contribution in [3.05, 3.63) is 24.3 Å². The van der Waals surface area contributed by atoms with Crippen LogP contribution in [0.15, 0.2) is 24.3 Å². The first-order valence-electron chi connectivity index (χ1n) is 22.3. The Morgan fingerprint density at radius 2 is 1.32 bits per heavy atom. The van der Waals surface area contributed by atoms with E-state index in [-0.39, 0.29) is 61.8 Å². The van der Waals surface area contributed by atoms with Crippen molar-refractivity contribution in [2.24, 2.45) is 46.3 Å². The molecule has 0 aliphatic heterocycles. The van der Waals surface area contributed by atoms with Gasteiger partial charge in [0.05, 0.1) is 12.8 Å². The number of ketones is 1. The molecule has 0 heterocycles. The third-order valence-corrected chi connectivity index (χ3v) is 14.3. The van der Waals surface area contributed by atoms with Crippen LogP contribution in [0.3, 0.4) is 0 Å². The second-order valence-corrected chi connectivity index (χ2v) is 18.2. The second-order valence-electron chi connectivity index (χ2n) is 18.2. The molecular formula is C47H74O9. The lowest BCUT2D eigenvalue weighted by Crippen LogP contribution is -2.54. The zero-order chi connectivity index (χ0) is 40.7. The molecule has 4 aliphatic carbocycles. The summed E-state index contributed by atoms with van der Waals surface area (Å²) in [6.07, 6.45) is 23.7. The van der Waals surface area contributed by atoms with Crippen molar-refractivity contribution in [1.29, 1.82) is 0 Å². The SMILES string of the molecule is CC/C=C\CC(=O)OCC(COC(=O)C/C=C\CC)OC(=O)CC(C)CCCCCCC(=O)O[C@@H]1CC[C@@]2(C)[C@@H](CC[C@@H]3[C@@H]2CC[C@]2(C)[C@@H](C(C)=O)CC[C@@H]32)C1. The minimum Gasteiger partial charge on any atom is -0.462 e. The van der Waals surface area contributed by atoms with Crippen LogP contribution >= 0.6 is 0 Å². The normalized spacial score (nSPS) is 30.3. The van der Waals surface area contributed by atoms with E-state index in [9.17, 15) is 24.0 Å². The molecule has 0 bridgehead atoms. The van der Waals surface area contributed by atoms with Gasteiger partial charge in [-0.15, -0.1) is 0 Å². The Morgan fingerprint density at radius 1 is 0.696 bits per heavy atom. The first kappa shape index (κ1) is 45.7. The number of hydrogen-bond donors (Lipinski definition) is 0. The van der Waals surface area contributed by atoms with Crippen LogP contribution in [0.5, 0.6) is 0 Å². The highest BCUT2D eigenvalue weighted by molar-refractivity contribution is 5.79. The average molecular weight is 783 g/mol. The lowest BCUT2D eigenvalue weighted by molar-refractivity contribution is -0.166. The van der Waals surface area contributed by atoms with Gasteiger partial charge in [0.2, 0.25) is 0 Å². The fourth-order valence-electron chi connectivity index (χ4n) is 11.3. The van der Waals surface area contributed by atoms with Crippen LogP contribution < -0.4 is 0 Å². The Hall–Kier alpha value is -2.97.